The van der Waals surface area contributed by atoms with Crippen molar-refractivity contribution in [3.8, 4) is 0 Å². The zero-order chi connectivity index (χ0) is 16.1. The second kappa shape index (κ2) is 7.29. The van der Waals surface area contributed by atoms with Gasteiger partial charge in [0.25, 0.3) is 5.69 Å². The van der Waals surface area contributed by atoms with E-state index < -0.39 is 4.92 Å². The minimum atomic E-state index is -0.470. The summed E-state index contributed by atoms with van der Waals surface area (Å²) >= 11 is 7.22. The third-order valence-electron chi connectivity index (χ3n) is 3.00. The van der Waals surface area contributed by atoms with E-state index in [4.69, 9.17) is 11.6 Å². The Balaban J connectivity index is 1.96. The van der Waals surface area contributed by atoms with E-state index in [1.54, 1.807) is 31.3 Å². The molecule has 0 N–H and O–H groups in total. The highest BCUT2D eigenvalue weighted by Gasteiger charge is 2.13. The van der Waals surface area contributed by atoms with Crippen molar-refractivity contribution in [3.63, 3.8) is 0 Å². The average molecular weight is 337 g/mol. The molecule has 0 saturated carbocycles. The van der Waals surface area contributed by atoms with Gasteiger partial charge in [-0.3, -0.25) is 14.9 Å². The molecule has 0 aliphatic heterocycles. The number of hydrogen-bond acceptors (Lipinski definition) is 4. The molecule has 2 aromatic carbocycles. The van der Waals surface area contributed by atoms with Crippen LogP contribution in [0.3, 0.4) is 0 Å². The van der Waals surface area contributed by atoms with Crippen molar-refractivity contribution in [2.45, 2.75) is 4.90 Å². The first-order valence-corrected chi connectivity index (χ1v) is 7.73. The van der Waals surface area contributed by atoms with Crippen LogP contribution in [0.5, 0.6) is 0 Å². The van der Waals surface area contributed by atoms with Gasteiger partial charge in [-0.25, -0.2) is 0 Å². The van der Waals surface area contributed by atoms with Gasteiger partial charge in [-0.1, -0.05) is 11.6 Å². The number of anilines is 1. The fourth-order valence-corrected chi connectivity index (χ4v) is 2.65. The summed E-state index contributed by atoms with van der Waals surface area (Å²) in [4.78, 5) is 24.7. The summed E-state index contributed by atoms with van der Waals surface area (Å²) in [7, 11) is 1.64. The number of nitrogens with zero attached hydrogens (tertiary/aromatic N) is 2. The van der Waals surface area contributed by atoms with Gasteiger partial charge in [0.2, 0.25) is 5.91 Å². The molecule has 0 radical (unpaired) electrons. The number of nitro groups is 1. The second-order valence-corrected chi connectivity index (χ2v) is 5.95. The minimum absolute atomic E-state index is 0.000128. The first-order chi connectivity index (χ1) is 10.5. The van der Waals surface area contributed by atoms with Crippen LogP contribution in [0, 0.1) is 10.1 Å². The number of thioether (sulfide) groups is 1. The molecule has 22 heavy (non-hydrogen) atoms. The SMILES string of the molecule is CN(C(=O)CSc1ccc(Cl)cc1)c1ccc([N+](=O)[O-])cc1. The Kier molecular flexibility index (Phi) is 5.41. The van der Waals surface area contributed by atoms with Crippen LogP contribution in [0.15, 0.2) is 53.4 Å². The van der Waals surface area contributed by atoms with Gasteiger partial charge in [0.05, 0.1) is 10.7 Å². The second-order valence-electron chi connectivity index (χ2n) is 4.47. The Morgan fingerprint density at radius 1 is 1.18 bits per heavy atom. The highest BCUT2D eigenvalue weighted by molar-refractivity contribution is 8.00. The summed E-state index contributed by atoms with van der Waals surface area (Å²) in [6.07, 6.45) is 0. The lowest BCUT2D eigenvalue weighted by Crippen LogP contribution is -2.27. The van der Waals surface area contributed by atoms with Gasteiger partial charge < -0.3 is 4.90 Å². The summed E-state index contributed by atoms with van der Waals surface area (Å²) < 4.78 is 0. The molecule has 0 spiro atoms. The van der Waals surface area contributed by atoms with Crippen LogP contribution in [0.25, 0.3) is 0 Å². The van der Waals surface area contributed by atoms with Crippen LogP contribution < -0.4 is 4.90 Å². The molecule has 114 valence electrons. The molecule has 1 amide bonds. The smallest absolute Gasteiger partial charge is 0.269 e. The standard InChI is InChI=1S/C15H13ClN2O3S/c1-17(12-4-6-13(7-5-12)18(20)21)15(19)10-22-14-8-2-11(16)3-9-14/h2-9H,10H2,1H3. The number of carbonyl (C=O) groups excluding carboxylic acids is 1. The monoisotopic (exact) mass is 336 g/mol. The number of non-ortho nitro benzene ring substituents is 1. The van der Waals surface area contributed by atoms with E-state index in [2.05, 4.69) is 0 Å². The van der Waals surface area contributed by atoms with Gasteiger partial charge >= 0.3 is 0 Å². The number of halogens is 1. The third kappa shape index (κ3) is 4.22. The van der Waals surface area contributed by atoms with Gasteiger partial charge in [0, 0.05) is 34.8 Å². The molecular formula is C15H13ClN2O3S. The molecule has 0 heterocycles. The molecule has 0 unspecified atom stereocenters. The topological polar surface area (TPSA) is 63.5 Å². The zero-order valence-corrected chi connectivity index (χ0v) is 13.3. The van der Waals surface area contributed by atoms with E-state index in [0.29, 0.717) is 10.7 Å². The molecule has 0 fully saturated rings. The summed E-state index contributed by atoms with van der Waals surface area (Å²) in [6.45, 7) is 0. The maximum Gasteiger partial charge on any atom is 0.269 e. The van der Waals surface area contributed by atoms with Crippen molar-refractivity contribution in [2.24, 2.45) is 0 Å². The molecule has 5 nitrogen and oxygen atoms in total. The van der Waals surface area contributed by atoms with Crippen molar-refractivity contribution in [1.29, 1.82) is 0 Å². The third-order valence-corrected chi connectivity index (χ3v) is 4.25. The molecule has 2 aromatic rings. The van der Waals surface area contributed by atoms with E-state index in [9.17, 15) is 14.9 Å². The number of amides is 1. The predicted octanol–water partition coefficient (Wildman–Crippen LogP) is 4.00. The van der Waals surface area contributed by atoms with Gasteiger partial charge in [-0.05, 0) is 36.4 Å². The van der Waals surface area contributed by atoms with E-state index in [0.717, 1.165) is 4.90 Å². The van der Waals surface area contributed by atoms with Crippen LogP contribution >= 0.6 is 23.4 Å². The van der Waals surface area contributed by atoms with Crippen LogP contribution in [0.1, 0.15) is 0 Å². The average Bonchev–Trinajstić information content (AvgIpc) is 2.53. The Morgan fingerprint density at radius 3 is 2.32 bits per heavy atom. The van der Waals surface area contributed by atoms with Crippen LogP contribution in [0.4, 0.5) is 11.4 Å². The fraction of sp³-hybridized carbons (Fsp3) is 0.133. The minimum Gasteiger partial charge on any atom is -0.315 e. The van der Waals surface area contributed by atoms with Crippen molar-refractivity contribution in [2.75, 3.05) is 17.7 Å². The lowest BCUT2D eigenvalue weighted by Gasteiger charge is -2.16. The van der Waals surface area contributed by atoms with Gasteiger partial charge in [-0.15, -0.1) is 11.8 Å². The van der Waals surface area contributed by atoms with Crippen molar-refractivity contribution in [3.05, 3.63) is 63.7 Å². The van der Waals surface area contributed by atoms with Gasteiger partial charge in [-0.2, -0.15) is 0 Å². The molecule has 0 saturated heterocycles. The maximum atomic E-state index is 12.1. The zero-order valence-electron chi connectivity index (χ0n) is 11.7. The fourth-order valence-electron chi connectivity index (χ4n) is 1.71. The van der Waals surface area contributed by atoms with E-state index in [1.807, 2.05) is 12.1 Å². The summed E-state index contributed by atoms with van der Waals surface area (Å²) in [5.74, 6) is 0.184. The highest BCUT2D eigenvalue weighted by atomic mass is 35.5. The molecule has 0 aliphatic rings. The molecule has 0 aliphatic carbocycles. The Bertz CT molecular complexity index is 674. The first kappa shape index (κ1) is 16.3. The lowest BCUT2D eigenvalue weighted by molar-refractivity contribution is -0.384. The van der Waals surface area contributed by atoms with Gasteiger partial charge in [0.15, 0.2) is 0 Å². The molecular weight excluding hydrogens is 324 g/mol. The number of nitro benzene ring substituents is 1. The van der Waals surface area contributed by atoms with E-state index in [1.165, 1.54) is 28.8 Å². The Labute approximate surface area is 137 Å². The number of hydrogen-bond donors (Lipinski definition) is 0. The largest absolute Gasteiger partial charge is 0.315 e. The molecule has 7 heteroatoms. The molecule has 0 bridgehead atoms. The van der Waals surface area contributed by atoms with Crippen molar-refractivity contribution >= 4 is 40.6 Å². The number of carbonyl (C=O) groups is 1. The van der Waals surface area contributed by atoms with Crippen LogP contribution in [0.2, 0.25) is 5.02 Å². The molecule has 0 aromatic heterocycles. The van der Waals surface area contributed by atoms with Crippen molar-refractivity contribution < 1.29 is 9.72 Å². The summed E-state index contributed by atoms with van der Waals surface area (Å²) in [5.41, 5.74) is 0.618. The van der Waals surface area contributed by atoms with Crippen molar-refractivity contribution in [1.82, 2.24) is 0 Å². The quantitative estimate of drug-likeness (QED) is 0.470. The Hall–Kier alpha value is -2.05. The lowest BCUT2D eigenvalue weighted by atomic mass is 10.2. The molecule has 0 atom stereocenters. The summed E-state index contributed by atoms with van der Waals surface area (Å²) in [6, 6.07) is 13.1. The predicted molar refractivity (Wildman–Crippen MR) is 88.7 cm³/mol. The summed E-state index contributed by atoms with van der Waals surface area (Å²) in [5, 5.41) is 11.3. The van der Waals surface area contributed by atoms with Gasteiger partial charge in [0.1, 0.15) is 0 Å². The normalized spacial score (nSPS) is 10.3. The van der Waals surface area contributed by atoms with E-state index in [-0.39, 0.29) is 17.3 Å². The number of rotatable bonds is 5. The van der Waals surface area contributed by atoms with Crippen LogP contribution in [-0.2, 0) is 4.79 Å². The first-order valence-electron chi connectivity index (χ1n) is 6.37. The Morgan fingerprint density at radius 2 is 1.77 bits per heavy atom. The maximum absolute atomic E-state index is 12.1. The van der Waals surface area contributed by atoms with E-state index >= 15 is 0 Å². The highest BCUT2D eigenvalue weighted by Crippen LogP contribution is 2.23. The van der Waals surface area contributed by atoms with Crippen LogP contribution in [-0.4, -0.2) is 23.6 Å². The molecule has 2 rings (SSSR count). The number of benzene rings is 2.